The zero-order chi connectivity index (χ0) is 23.3. The number of nitrogens with zero attached hydrogens (tertiary/aromatic N) is 1. The lowest BCUT2D eigenvalue weighted by atomic mass is 10.1. The van der Waals surface area contributed by atoms with Crippen LogP contribution in [0.25, 0.3) is 0 Å². The fourth-order valence-electron chi connectivity index (χ4n) is 3.10. The molecule has 0 aromatic heterocycles. The molecule has 1 unspecified atom stereocenters. The lowest BCUT2D eigenvalue weighted by Crippen LogP contribution is -2.60. The third-order valence-electron chi connectivity index (χ3n) is 4.86. The van der Waals surface area contributed by atoms with Crippen LogP contribution in [0.1, 0.15) is 43.0 Å². The Kier molecular flexibility index (Phi) is 10.9. The van der Waals surface area contributed by atoms with E-state index in [9.17, 15) is 14.4 Å². The maximum Gasteiger partial charge on any atom is 0.308 e. The van der Waals surface area contributed by atoms with Crippen molar-refractivity contribution in [3.8, 4) is 5.75 Å². The summed E-state index contributed by atoms with van der Waals surface area (Å²) in [6, 6.07) is 5.92. The van der Waals surface area contributed by atoms with E-state index in [4.69, 9.17) is 26.4 Å². The summed E-state index contributed by atoms with van der Waals surface area (Å²) in [4.78, 5) is 38.5. The van der Waals surface area contributed by atoms with Gasteiger partial charge in [-0.05, 0) is 42.9 Å². The molecule has 0 spiro atoms. The van der Waals surface area contributed by atoms with Gasteiger partial charge in [-0.1, -0.05) is 19.8 Å². The lowest BCUT2D eigenvalue weighted by molar-refractivity contribution is -0.148. The Hall–Kier alpha value is -2.72. The Morgan fingerprint density at radius 2 is 1.94 bits per heavy atom. The van der Waals surface area contributed by atoms with Crippen molar-refractivity contribution in [2.45, 2.75) is 38.6 Å². The molecule has 1 aliphatic rings. The second-order valence-corrected chi connectivity index (χ2v) is 7.64. The maximum absolute atomic E-state index is 12.6. The molecule has 0 radical (unpaired) electrons. The van der Waals surface area contributed by atoms with Crippen LogP contribution in [0.2, 0.25) is 0 Å². The van der Waals surface area contributed by atoms with Crippen molar-refractivity contribution >= 4 is 35.1 Å². The smallest absolute Gasteiger partial charge is 0.308 e. The summed E-state index contributed by atoms with van der Waals surface area (Å²) < 4.78 is 15.5. The van der Waals surface area contributed by atoms with Crippen molar-refractivity contribution in [3.05, 3.63) is 29.8 Å². The SMILES string of the molecule is CCCCCOc1ccc(C(=O)NC(=S)N2CCNC(=O)C2CC(=O)OCCOC)cc1. The molecule has 1 heterocycles. The van der Waals surface area contributed by atoms with Gasteiger partial charge in [-0.25, -0.2) is 0 Å². The van der Waals surface area contributed by atoms with E-state index in [1.54, 1.807) is 24.3 Å². The van der Waals surface area contributed by atoms with E-state index >= 15 is 0 Å². The van der Waals surface area contributed by atoms with Gasteiger partial charge in [-0.2, -0.15) is 0 Å². The first-order chi connectivity index (χ1) is 15.5. The molecule has 0 saturated carbocycles. The average molecular weight is 466 g/mol. The van der Waals surface area contributed by atoms with E-state index in [1.165, 1.54) is 12.0 Å². The summed E-state index contributed by atoms with van der Waals surface area (Å²) in [6.07, 6.45) is 3.03. The molecule has 2 amide bonds. The Bertz CT molecular complexity index is 786. The van der Waals surface area contributed by atoms with E-state index < -0.39 is 17.9 Å². The molecule has 0 bridgehead atoms. The van der Waals surface area contributed by atoms with E-state index in [0.29, 0.717) is 31.0 Å². The Morgan fingerprint density at radius 3 is 2.62 bits per heavy atom. The van der Waals surface area contributed by atoms with Crippen molar-refractivity contribution in [2.75, 3.05) is 40.0 Å². The van der Waals surface area contributed by atoms with Gasteiger partial charge in [-0.3, -0.25) is 19.7 Å². The molecular weight excluding hydrogens is 434 g/mol. The van der Waals surface area contributed by atoms with Crippen LogP contribution in [0.4, 0.5) is 0 Å². The number of hydrogen-bond donors (Lipinski definition) is 2. The van der Waals surface area contributed by atoms with Gasteiger partial charge in [0.1, 0.15) is 18.4 Å². The first kappa shape index (κ1) is 25.5. The number of rotatable bonds is 11. The minimum atomic E-state index is -0.856. The zero-order valence-electron chi connectivity index (χ0n) is 18.6. The van der Waals surface area contributed by atoms with Crippen molar-refractivity contribution in [1.82, 2.24) is 15.5 Å². The predicted octanol–water partition coefficient (Wildman–Crippen LogP) is 1.65. The van der Waals surface area contributed by atoms with Crippen LogP contribution in [0.15, 0.2) is 24.3 Å². The summed E-state index contributed by atoms with van der Waals surface area (Å²) in [5.74, 6) is -0.598. The number of ether oxygens (including phenoxy) is 3. The van der Waals surface area contributed by atoms with Crippen molar-refractivity contribution in [1.29, 1.82) is 0 Å². The molecular formula is C22H31N3O6S. The molecule has 1 aliphatic heterocycles. The number of amides is 2. The highest BCUT2D eigenvalue weighted by Crippen LogP contribution is 2.14. The molecule has 0 aliphatic carbocycles. The average Bonchev–Trinajstić information content (AvgIpc) is 2.78. The molecule has 9 nitrogen and oxygen atoms in total. The minimum Gasteiger partial charge on any atom is -0.494 e. The van der Waals surface area contributed by atoms with Gasteiger partial charge in [0.05, 0.1) is 19.6 Å². The number of benzene rings is 1. The predicted molar refractivity (Wildman–Crippen MR) is 122 cm³/mol. The molecule has 1 fully saturated rings. The molecule has 1 aromatic rings. The van der Waals surface area contributed by atoms with Gasteiger partial charge in [0.25, 0.3) is 5.91 Å². The first-order valence-corrected chi connectivity index (χ1v) is 11.1. The molecule has 1 aromatic carbocycles. The molecule has 2 N–H and O–H groups in total. The first-order valence-electron chi connectivity index (χ1n) is 10.7. The number of carbonyl (C=O) groups excluding carboxylic acids is 3. The molecule has 176 valence electrons. The van der Waals surface area contributed by atoms with Crippen LogP contribution in [0.5, 0.6) is 5.75 Å². The monoisotopic (exact) mass is 465 g/mol. The lowest BCUT2D eigenvalue weighted by Gasteiger charge is -2.36. The number of carbonyl (C=O) groups is 3. The van der Waals surface area contributed by atoms with Gasteiger partial charge in [0.15, 0.2) is 5.11 Å². The van der Waals surface area contributed by atoms with Gasteiger partial charge in [-0.15, -0.1) is 0 Å². The number of unbranched alkanes of at least 4 members (excludes halogenated alkanes) is 2. The number of methoxy groups -OCH3 is 1. The van der Waals surface area contributed by atoms with Gasteiger partial charge < -0.3 is 24.4 Å². The fraction of sp³-hybridized carbons (Fsp3) is 0.545. The third kappa shape index (κ3) is 8.08. The maximum atomic E-state index is 12.6. The van der Waals surface area contributed by atoms with Crippen LogP contribution < -0.4 is 15.4 Å². The van der Waals surface area contributed by atoms with Crippen LogP contribution in [0.3, 0.4) is 0 Å². The van der Waals surface area contributed by atoms with Crippen LogP contribution in [0, 0.1) is 0 Å². The van der Waals surface area contributed by atoms with Crippen molar-refractivity contribution in [3.63, 3.8) is 0 Å². The number of esters is 1. The summed E-state index contributed by atoms with van der Waals surface area (Å²) >= 11 is 5.36. The highest BCUT2D eigenvalue weighted by molar-refractivity contribution is 7.80. The quantitative estimate of drug-likeness (QED) is 0.289. The largest absolute Gasteiger partial charge is 0.494 e. The van der Waals surface area contributed by atoms with Crippen LogP contribution in [-0.2, 0) is 19.1 Å². The van der Waals surface area contributed by atoms with Crippen LogP contribution >= 0.6 is 12.2 Å². The Morgan fingerprint density at radius 1 is 1.19 bits per heavy atom. The third-order valence-corrected chi connectivity index (χ3v) is 5.19. The topological polar surface area (TPSA) is 106 Å². The Balaban J connectivity index is 1.92. The highest BCUT2D eigenvalue weighted by atomic mass is 32.1. The summed E-state index contributed by atoms with van der Waals surface area (Å²) in [5, 5.41) is 5.44. The number of hydrogen-bond acceptors (Lipinski definition) is 7. The van der Waals surface area contributed by atoms with E-state index in [-0.39, 0.29) is 30.7 Å². The molecule has 32 heavy (non-hydrogen) atoms. The standard InChI is InChI=1S/C22H31N3O6S/c1-3-4-5-12-30-17-8-6-16(7-9-17)20(27)24-22(32)25-11-10-23-21(28)18(25)15-19(26)31-14-13-29-2/h6-9,18H,3-5,10-15H2,1-2H3,(H,23,28)(H,24,27,32). The summed E-state index contributed by atoms with van der Waals surface area (Å²) in [7, 11) is 1.50. The van der Waals surface area contributed by atoms with Crippen molar-refractivity contribution in [2.24, 2.45) is 0 Å². The second kappa shape index (κ2) is 13.6. The number of nitrogens with one attached hydrogen (secondary N) is 2. The summed E-state index contributed by atoms with van der Waals surface area (Å²) in [6.45, 7) is 3.85. The van der Waals surface area contributed by atoms with Gasteiger partial charge in [0.2, 0.25) is 5.91 Å². The normalized spacial score (nSPS) is 15.6. The Labute approximate surface area is 193 Å². The molecule has 2 rings (SSSR count). The molecule has 10 heteroatoms. The van der Waals surface area contributed by atoms with E-state index in [1.807, 2.05) is 0 Å². The number of piperazine rings is 1. The summed E-state index contributed by atoms with van der Waals surface area (Å²) in [5.41, 5.74) is 0.408. The zero-order valence-corrected chi connectivity index (χ0v) is 19.4. The van der Waals surface area contributed by atoms with Crippen molar-refractivity contribution < 1.29 is 28.6 Å². The minimum absolute atomic E-state index is 0.0828. The van der Waals surface area contributed by atoms with Crippen LogP contribution in [-0.4, -0.2) is 73.9 Å². The number of thiocarbonyl (C=S) groups is 1. The van der Waals surface area contributed by atoms with Gasteiger partial charge >= 0.3 is 5.97 Å². The molecule has 1 saturated heterocycles. The highest BCUT2D eigenvalue weighted by Gasteiger charge is 2.34. The fourth-order valence-corrected chi connectivity index (χ4v) is 3.41. The van der Waals surface area contributed by atoms with E-state index in [2.05, 4.69) is 17.6 Å². The van der Waals surface area contributed by atoms with Gasteiger partial charge in [0, 0.05) is 25.8 Å². The van der Waals surface area contributed by atoms with E-state index in [0.717, 1.165) is 19.3 Å². The molecule has 1 atom stereocenters. The second-order valence-electron chi connectivity index (χ2n) is 7.26.